The highest BCUT2D eigenvalue weighted by molar-refractivity contribution is 4.96. The molecule has 0 saturated carbocycles. The topological polar surface area (TPSA) is 41.3 Å². The van der Waals surface area contributed by atoms with E-state index in [2.05, 4.69) is 27.7 Å². The minimum atomic E-state index is -0.188. The predicted octanol–water partition coefficient (Wildman–Crippen LogP) is 1.15. The van der Waals surface area contributed by atoms with Crippen LogP contribution in [0.15, 0.2) is 12.4 Å². The van der Waals surface area contributed by atoms with Crippen molar-refractivity contribution < 1.29 is 5.11 Å². The van der Waals surface area contributed by atoms with Gasteiger partial charge in [0.1, 0.15) is 5.82 Å². The van der Waals surface area contributed by atoms with Crippen LogP contribution in [0, 0.1) is 5.92 Å². The molecule has 0 saturated heterocycles. The van der Waals surface area contributed by atoms with Crippen molar-refractivity contribution in [3.8, 4) is 0 Å². The summed E-state index contributed by atoms with van der Waals surface area (Å²) in [7, 11) is 2.10. The van der Waals surface area contributed by atoms with Crippen LogP contribution in [0.2, 0.25) is 0 Å². The van der Waals surface area contributed by atoms with Gasteiger partial charge in [-0.1, -0.05) is 6.92 Å². The SMILES string of the molecule is CC[C@@H](O)CN(C)C[C@H]1CCc2nccn2C1. The highest BCUT2D eigenvalue weighted by atomic mass is 16.3. The number of nitrogens with zero attached hydrogens (tertiary/aromatic N) is 3. The standard InChI is InChI=1S/C13H23N3O/c1-3-12(17)10-15(2)8-11-4-5-13-14-6-7-16(13)9-11/h6-7,11-12,17H,3-5,8-10H2,1-2H3/t11-,12-/m1/s1. The lowest BCUT2D eigenvalue weighted by atomic mass is 9.99. The van der Waals surface area contributed by atoms with Gasteiger partial charge in [0.15, 0.2) is 0 Å². The Labute approximate surface area is 103 Å². The second-order valence-electron chi connectivity index (χ2n) is 5.18. The first kappa shape index (κ1) is 12.6. The van der Waals surface area contributed by atoms with Crippen molar-refractivity contribution >= 4 is 0 Å². The molecule has 4 heteroatoms. The number of aliphatic hydroxyl groups is 1. The van der Waals surface area contributed by atoms with Crippen LogP contribution >= 0.6 is 0 Å². The van der Waals surface area contributed by atoms with Crippen molar-refractivity contribution in [2.24, 2.45) is 5.92 Å². The van der Waals surface area contributed by atoms with Gasteiger partial charge in [0.25, 0.3) is 0 Å². The molecule has 0 bridgehead atoms. The molecule has 17 heavy (non-hydrogen) atoms. The van der Waals surface area contributed by atoms with Crippen LogP contribution in [0.5, 0.6) is 0 Å². The third-order valence-corrected chi connectivity index (χ3v) is 3.60. The zero-order chi connectivity index (χ0) is 12.3. The highest BCUT2D eigenvalue weighted by Crippen LogP contribution is 2.19. The lowest BCUT2D eigenvalue weighted by Gasteiger charge is -2.29. The fourth-order valence-electron chi connectivity index (χ4n) is 2.59. The normalized spacial score (nSPS) is 21.5. The third-order valence-electron chi connectivity index (χ3n) is 3.60. The summed E-state index contributed by atoms with van der Waals surface area (Å²) in [5, 5.41) is 9.63. The van der Waals surface area contributed by atoms with E-state index in [-0.39, 0.29) is 6.10 Å². The maximum atomic E-state index is 9.63. The maximum Gasteiger partial charge on any atom is 0.108 e. The summed E-state index contributed by atoms with van der Waals surface area (Å²) in [6, 6.07) is 0. The number of imidazole rings is 1. The molecule has 4 nitrogen and oxygen atoms in total. The lowest BCUT2D eigenvalue weighted by Crippen LogP contribution is -2.35. The van der Waals surface area contributed by atoms with E-state index in [9.17, 15) is 5.11 Å². The van der Waals surface area contributed by atoms with E-state index in [1.807, 2.05) is 13.1 Å². The van der Waals surface area contributed by atoms with Crippen molar-refractivity contribution in [3.05, 3.63) is 18.2 Å². The molecule has 2 heterocycles. The lowest BCUT2D eigenvalue weighted by molar-refractivity contribution is 0.109. The molecule has 2 atom stereocenters. The Morgan fingerprint density at radius 2 is 2.47 bits per heavy atom. The molecule has 96 valence electrons. The summed E-state index contributed by atoms with van der Waals surface area (Å²) in [4.78, 5) is 6.59. The van der Waals surface area contributed by atoms with E-state index in [0.717, 1.165) is 32.5 Å². The van der Waals surface area contributed by atoms with E-state index in [1.54, 1.807) is 0 Å². The molecule has 0 aliphatic carbocycles. The Bertz CT molecular complexity index is 350. The zero-order valence-electron chi connectivity index (χ0n) is 10.8. The molecule has 1 N–H and O–H groups in total. The molecule has 0 aromatic carbocycles. The van der Waals surface area contributed by atoms with Crippen molar-refractivity contribution in [1.82, 2.24) is 14.5 Å². The van der Waals surface area contributed by atoms with Gasteiger partial charge in [-0.15, -0.1) is 0 Å². The van der Waals surface area contributed by atoms with Crippen LogP contribution in [0.25, 0.3) is 0 Å². The van der Waals surface area contributed by atoms with Crippen LogP contribution in [0.1, 0.15) is 25.6 Å². The van der Waals surface area contributed by atoms with Gasteiger partial charge < -0.3 is 14.6 Å². The predicted molar refractivity (Wildman–Crippen MR) is 67.8 cm³/mol. The Balaban J connectivity index is 1.81. The van der Waals surface area contributed by atoms with Crippen molar-refractivity contribution in [2.75, 3.05) is 20.1 Å². The van der Waals surface area contributed by atoms with Crippen molar-refractivity contribution in [2.45, 2.75) is 38.8 Å². The van der Waals surface area contributed by atoms with Gasteiger partial charge in [0.05, 0.1) is 6.10 Å². The van der Waals surface area contributed by atoms with E-state index in [4.69, 9.17) is 0 Å². The number of likely N-dealkylation sites (N-methyl/N-ethyl adjacent to an activating group) is 1. The van der Waals surface area contributed by atoms with Crippen molar-refractivity contribution in [3.63, 3.8) is 0 Å². The van der Waals surface area contributed by atoms with Gasteiger partial charge in [-0.05, 0) is 25.8 Å². The average Bonchev–Trinajstić information content (AvgIpc) is 2.75. The molecule has 1 aromatic rings. The van der Waals surface area contributed by atoms with Crippen LogP contribution in [0.3, 0.4) is 0 Å². The number of aromatic nitrogens is 2. The summed E-state index contributed by atoms with van der Waals surface area (Å²) in [5.41, 5.74) is 0. The van der Waals surface area contributed by atoms with Gasteiger partial charge >= 0.3 is 0 Å². The fraction of sp³-hybridized carbons (Fsp3) is 0.769. The molecular formula is C13H23N3O. The minimum Gasteiger partial charge on any atom is -0.392 e. The molecular weight excluding hydrogens is 214 g/mol. The first-order chi connectivity index (χ1) is 8.19. The Kier molecular flexibility index (Phi) is 4.18. The van der Waals surface area contributed by atoms with Crippen LogP contribution in [-0.4, -0.2) is 45.8 Å². The molecule has 1 aliphatic rings. The quantitative estimate of drug-likeness (QED) is 0.835. The summed E-state index contributed by atoms with van der Waals surface area (Å²) >= 11 is 0. The number of hydrogen-bond donors (Lipinski definition) is 1. The Morgan fingerprint density at radius 1 is 1.65 bits per heavy atom. The monoisotopic (exact) mass is 237 g/mol. The number of aliphatic hydroxyl groups excluding tert-OH is 1. The summed E-state index contributed by atoms with van der Waals surface area (Å²) in [6.45, 7) is 4.94. The molecule has 0 fully saturated rings. The zero-order valence-corrected chi connectivity index (χ0v) is 10.8. The summed E-state index contributed by atoms with van der Waals surface area (Å²) in [6.07, 6.45) is 6.91. The smallest absolute Gasteiger partial charge is 0.108 e. The first-order valence-corrected chi connectivity index (χ1v) is 6.55. The van der Waals surface area contributed by atoms with Crippen LogP contribution in [0.4, 0.5) is 0 Å². The molecule has 0 spiro atoms. The molecule has 2 rings (SSSR count). The molecule has 0 radical (unpaired) electrons. The van der Waals surface area contributed by atoms with E-state index in [0.29, 0.717) is 5.92 Å². The second-order valence-corrected chi connectivity index (χ2v) is 5.18. The van der Waals surface area contributed by atoms with Gasteiger partial charge in [0.2, 0.25) is 0 Å². The molecule has 1 aromatic heterocycles. The highest BCUT2D eigenvalue weighted by Gasteiger charge is 2.20. The first-order valence-electron chi connectivity index (χ1n) is 6.55. The minimum absolute atomic E-state index is 0.188. The molecule has 0 unspecified atom stereocenters. The van der Waals surface area contributed by atoms with E-state index < -0.39 is 0 Å². The van der Waals surface area contributed by atoms with E-state index >= 15 is 0 Å². The average molecular weight is 237 g/mol. The van der Waals surface area contributed by atoms with Gasteiger partial charge in [-0.2, -0.15) is 0 Å². The van der Waals surface area contributed by atoms with Gasteiger partial charge in [0, 0.05) is 38.4 Å². The number of fused-ring (bicyclic) bond motifs is 1. The molecule has 0 amide bonds. The van der Waals surface area contributed by atoms with Gasteiger partial charge in [-0.3, -0.25) is 0 Å². The second kappa shape index (κ2) is 5.65. The van der Waals surface area contributed by atoms with Crippen LogP contribution in [-0.2, 0) is 13.0 Å². The maximum absolute atomic E-state index is 9.63. The fourth-order valence-corrected chi connectivity index (χ4v) is 2.59. The number of rotatable bonds is 5. The summed E-state index contributed by atoms with van der Waals surface area (Å²) in [5.74, 6) is 1.91. The largest absolute Gasteiger partial charge is 0.392 e. The number of hydrogen-bond acceptors (Lipinski definition) is 3. The van der Waals surface area contributed by atoms with Gasteiger partial charge in [-0.25, -0.2) is 4.98 Å². The Hall–Kier alpha value is -0.870. The van der Waals surface area contributed by atoms with Crippen LogP contribution < -0.4 is 0 Å². The van der Waals surface area contributed by atoms with E-state index in [1.165, 1.54) is 12.2 Å². The molecule has 1 aliphatic heterocycles. The Morgan fingerprint density at radius 3 is 3.24 bits per heavy atom. The third kappa shape index (κ3) is 3.30. The summed E-state index contributed by atoms with van der Waals surface area (Å²) < 4.78 is 2.26. The number of aryl methyl sites for hydroxylation is 1. The van der Waals surface area contributed by atoms with Crippen molar-refractivity contribution in [1.29, 1.82) is 0 Å².